The highest BCUT2D eigenvalue weighted by Gasteiger charge is 2.42. The molecule has 616 valence electrons. The standard InChI is InChI=1S/C16H23N3O6S.C15H20BrN3O4.C15H19BrN2O4.C15H20N2O4.C11H15N3O4S.ClH/c1-9-12(18-15(21)25-16(2,3)4)14(20)19(5)13-11(24-9)7-10(8-17-13)26(6,22)23;1-8-11(18-14(21)23-15(2,3)4)13(20)19(5)12-10(22-8)6-9(16)7-17-12;1-8-13(18-14(20)22-15(2,3)4)11(19)6-10-12(21-8)5-9(16)7-17-10;1-9-13(17-14(19)21-15(2,3)4)11(18)8-10-12(20-9)6-5-7-16-10;1-6-9(12)11(15)14(2)10-8(18-6)4-7(5-13-10)19(3,16)17;/h7-9,12H,1-6H3,(H,18,21);6-8,11H,1-5H3,(H,18,21);5,7-8,13H,6H2,1-4H3,(H,18,20);5-7,9,13H,8H2,1-4H3,(H,17,19);4-6,9H,12H2,1-3H3;1H/t9-,12+;8-,11+;8-,13+;9-,13+;6-,9+;/m11111./s1. The van der Waals surface area contributed by atoms with Crippen molar-refractivity contribution in [3.63, 3.8) is 0 Å². The number of alkyl carbamates (subject to hydrolysis) is 4. The zero-order chi connectivity index (χ0) is 83.7. The van der Waals surface area contributed by atoms with E-state index in [0.29, 0.717) is 34.5 Å². The molecular formula is C72H98Br2ClN13O22S2. The number of nitrogens with zero attached hydrogens (tertiary/aromatic N) is 8. The lowest BCUT2D eigenvalue weighted by molar-refractivity contribution is -0.122. The second-order valence-electron chi connectivity index (χ2n) is 30.2. The first-order valence-electron chi connectivity index (χ1n) is 34.6. The van der Waals surface area contributed by atoms with Gasteiger partial charge in [-0.15, -0.1) is 12.4 Å². The number of Topliss-reactive ketones (excluding diaryl/α,β-unsaturated/α-hetero) is 2. The maximum Gasteiger partial charge on any atom is 0.408 e. The molecule has 0 aliphatic carbocycles. The van der Waals surface area contributed by atoms with E-state index in [4.69, 9.17) is 48.4 Å². The molecule has 6 N–H and O–H groups in total. The number of likely N-dealkylation sites (N-methyl/N-ethyl adjacent to an activating group) is 3. The van der Waals surface area contributed by atoms with Crippen molar-refractivity contribution in [2.75, 3.05) is 48.4 Å². The van der Waals surface area contributed by atoms with Gasteiger partial charge in [0.15, 0.2) is 65.9 Å². The summed E-state index contributed by atoms with van der Waals surface area (Å²) in [6.07, 6.45) is 3.93. The predicted octanol–water partition coefficient (Wildman–Crippen LogP) is 8.08. The molecule has 10 rings (SSSR count). The minimum Gasteiger partial charge on any atom is -0.486 e. The molecule has 0 saturated carbocycles. The molecule has 5 aliphatic heterocycles. The normalized spacial score (nSPS) is 21.4. The molecule has 0 unspecified atom stereocenters. The predicted molar refractivity (Wildman–Crippen MR) is 419 cm³/mol. The molecule has 0 aromatic carbocycles. The number of carbonyl (C=O) groups excluding carboxylic acids is 9. The summed E-state index contributed by atoms with van der Waals surface area (Å²) in [5.74, 6) is 1.39. The lowest BCUT2D eigenvalue weighted by atomic mass is 10.0. The van der Waals surface area contributed by atoms with Crippen molar-refractivity contribution < 1.29 is 103 Å². The first-order valence-corrected chi connectivity index (χ1v) is 40.0. The van der Waals surface area contributed by atoms with Crippen molar-refractivity contribution in [1.82, 2.24) is 46.2 Å². The third kappa shape index (κ3) is 26.7. The van der Waals surface area contributed by atoms with Crippen LogP contribution in [-0.4, -0.2) is 212 Å². The summed E-state index contributed by atoms with van der Waals surface area (Å²) in [6, 6.07) is 5.44. The van der Waals surface area contributed by atoms with Crippen molar-refractivity contribution >= 4 is 135 Å². The molecule has 40 heteroatoms. The van der Waals surface area contributed by atoms with Gasteiger partial charge < -0.3 is 69.6 Å². The minimum atomic E-state index is -3.49. The Morgan fingerprint density at radius 2 is 0.741 bits per heavy atom. The summed E-state index contributed by atoms with van der Waals surface area (Å²) in [4.78, 5) is 134. The first kappa shape index (κ1) is 93.3. The van der Waals surface area contributed by atoms with Crippen LogP contribution in [0.15, 0.2) is 86.1 Å². The van der Waals surface area contributed by atoms with E-state index in [-0.39, 0.29) is 81.6 Å². The Morgan fingerprint density at radius 1 is 0.446 bits per heavy atom. The number of fused-ring (bicyclic) bond motifs is 5. The Bertz CT molecular complexity index is 4560. The van der Waals surface area contributed by atoms with Crippen LogP contribution >= 0.6 is 44.3 Å². The van der Waals surface area contributed by atoms with E-state index in [9.17, 15) is 60.0 Å². The molecular weight excluding hydrogens is 1660 g/mol. The fraction of sp³-hybridized carbons (Fsp3) is 0.528. The number of amides is 7. The molecule has 0 saturated heterocycles. The fourth-order valence-corrected chi connectivity index (χ4v) is 12.2. The Hall–Kier alpha value is -9.31. The van der Waals surface area contributed by atoms with Crippen molar-refractivity contribution in [1.29, 1.82) is 0 Å². The lowest BCUT2D eigenvalue weighted by Gasteiger charge is -2.26. The van der Waals surface area contributed by atoms with Crippen LogP contribution in [0.2, 0.25) is 0 Å². The van der Waals surface area contributed by atoms with Gasteiger partial charge in [-0.05, 0) is 174 Å². The summed E-state index contributed by atoms with van der Waals surface area (Å²) in [5, 5.41) is 10.3. The summed E-state index contributed by atoms with van der Waals surface area (Å²) >= 11 is 6.65. The Labute approximate surface area is 673 Å². The molecule has 10 atom stereocenters. The van der Waals surface area contributed by atoms with E-state index in [1.54, 1.807) is 168 Å². The number of halogens is 3. The van der Waals surface area contributed by atoms with Gasteiger partial charge in [-0.25, -0.2) is 51.0 Å². The van der Waals surface area contributed by atoms with Crippen LogP contribution in [0.1, 0.15) is 129 Å². The lowest BCUT2D eigenvalue weighted by Crippen LogP contribution is -2.54. The van der Waals surface area contributed by atoms with Crippen LogP contribution in [0.25, 0.3) is 0 Å². The molecule has 5 aliphatic rings. The number of nitrogens with one attached hydrogen (secondary N) is 4. The van der Waals surface area contributed by atoms with Crippen molar-refractivity contribution in [2.45, 2.75) is 223 Å². The third-order valence-corrected chi connectivity index (χ3v) is 18.8. The van der Waals surface area contributed by atoms with E-state index >= 15 is 0 Å². The summed E-state index contributed by atoms with van der Waals surface area (Å²) in [7, 11) is -2.29. The molecule has 10 heterocycles. The van der Waals surface area contributed by atoms with Gasteiger partial charge in [0.25, 0.3) is 11.8 Å². The largest absolute Gasteiger partial charge is 0.486 e. The second kappa shape index (κ2) is 37.6. The number of pyridine rings is 5. The van der Waals surface area contributed by atoms with Crippen LogP contribution in [0.4, 0.5) is 36.6 Å². The first-order chi connectivity index (χ1) is 51.0. The summed E-state index contributed by atoms with van der Waals surface area (Å²) in [5.41, 5.74) is 4.29. The van der Waals surface area contributed by atoms with Gasteiger partial charge in [0.05, 0.1) is 34.0 Å². The summed E-state index contributed by atoms with van der Waals surface area (Å²) < 4.78 is 97.2. The van der Waals surface area contributed by atoms with Gasteiger partial charge >= 0.3 is 24.4 Å². The molecule has 5 aromatic rings. The SMILES string of the molecule is C[C@H]1Oc2cc(Br)cnc2CC(=O)[C@H]1NC(=O)OC(C)(C)C.C[C@H]1Oc2cc(Br)cnc2N(C)C(=O)[C@H]1NC(=O)OC(C)(C)C.C[C@H]1Oc2cc(S(C)(=O)=O)cnc2N(C)C(=O)[C@H]1N.C[C@H]1Oc2cc(S(C)(=O)=O)cnc2N(C)C(=O)[C@H]1NC(=O)OC(C)(C)C.C[C@H]1Oc2cccnc2CC(=O)[C@H]1NC(=O)OC(C)(C)C.Cl. The number of anilines is 3. The molecule has 0 bridgehead atoms. The molecule has 0 radical (unpaired) electrons. The van der Waals surface area contributed by atoms with Crippen molar-refractivity contribution in [3.8, 4) is 28.7 Å². The van der Waals surface area contributed by atoms with E-state index < -0.39 is 133 Å². The highest BCUT2D eigenvalue weighted by atomic mass is 79.9. The molecule has 0 fully saturated rings. The molecule has 5 aromatic heterocycles. The Kier molecular flexibility index (Phi) is 31.3. The van der Waals surface area contributed by atoms with Gasteiger partial charge in [-0.3, -0.25) is 48.6 Å². The highest BCUT2D eigenvalue weighted by Crippen LogP contribution is 2.36. The van der Waals surface area contributed by atoms with Gasteiger partial charge in [0.1, 0.15) is 94.6 Å². The quantitative estimate of drug-likeness (QED) is 0.100. The van der Waals surface area contributed by atoms with Crippen LogP contribution in [-0.2, 0) is 75.4 Å². The Morgan fingerprint density at radius 3 is 1.12 bits per heavy atom. The van der Waals surface area contributed by atoms with E-state index in [2.05, 4.69) is 78.0 Å². The van der Waals surface area contributed by atoms with E-state index in [0.717, 1.165) is 27.7 Å². The number of hydrogen-bond donors (Lipinski definition) is 5. The number of carbonyl (C=O) groups is 9. The van der Waals surface area contributed by atoms with Gasteiger partial charge in [-0.2, -0.15) is 0 Å². The summed E-state index contributed by atoms with van der Waals surface area (Å²) in [6.45, 7) is 29.4. The van der Waals surface area contributed by atoms with E-state index in [1.165, 1.54) is 47.1 Å². The van der Waals surface area contributed by atoms with Gasteiger partial charge in [-0.1, -0.05) is 0 Å². The number of aromatic nitrogens is 5. The average Bonchev–Trinajstić information content (AvgIpc) is 1.60. The average molecular weight is 1760 g/mol. The van der Waals surface area contributed by atoms with Crippen LogP contribution in [0.5, 0.6) is 28.7 Å². The van der Waals surface area contributed by atoms with Gasteiger partial charge in [0, 0.05) is 85.7 Å². The minimum absolute atomic E-state index is 0. The topological polar surface area (TPSA) is 453 Å². The maximum absolute atomic E-state index is 12.7. The smallest absolute Gasteiger partial charge is 0.408 e. The van der Waals surface area contributed by atoms with Crippen LogP contribution in [0.3, 0.4) is 0 Å². The number of rotatable bonds is 6. The number of ether oxygens (including phenoxy) is 9. The van der Waals surface area contributed by atoms with E-state index in [1.807, 2.05) is 0 Å². The number of nitrogens with two attached hydrogens (primary N) is 1. The van der Waals surface area contributed by atoms with Crippen LogP contribution in [0, 0.1) is 0 Å². The van der Waals surface area contributed by atoms with Crippen molar-refractivity contribution in [3.05, 3.63) is 87.7 Å². The fourth-order valence-electron chi connectivity index (χ4n) is 10.5. The molecule has 112 heavy (non-hydrogen) atoms. The van der Waals surface area contributed by atoms with Crippen LogP contribution < -0.4 is 65.4 Å². The third-order valence-electron chi connectivity index (χ3n) is 15.8. The number of hydrogen-bond acceptors (Lipinski definition) is 28. The zero-order valence-corrected chi connectivity index (χ0v) is 71.8. The zero-order valence-electron chi connectivity index (χ0n) is 66.2. The number of ketones is 2. The van der Waals surface area contributed by atoms with Crippen molar-refractivity contribution in [2.24, 2.45) is 5.73 Å². The molecule has 7 amide bonds. The highest BCUT2D eigenvalue weighted by molar-refractivity contribution is 9.10. The maximum atomic E-state index is 12.7. The monoisotopic (exact) mass is 1750 g/mol. The van der Waals surface area contributed by atoms with Gasteiger partial charge in [0.2, 0.25) is 5.91 Å². The molecule has 0 spiro atoms. The second-order valence-corrected chi connectivity index (χ2v) is 36.0. The Balaban J connectivity index is 0.000000251. The molecule has 35 nitrogen and oxygen atoms in total. The number of sulfone groups is 2.